The molecule has 2 heterocycles. The van der Waals surface area contributed by atoms with Gasteiger partial charge in [0.15, 0.2) is 23.0 Å². The smallest absolute Gasteiger partial charge is 0.161 e. The van der Waals surface area contributed by atoms with Gasteiger partial charge in [-0.05, 0) is 52.9 Å². The maximum absolute atomic E-state index is 5.53. The molecule has 2 aromatic rings. The second-order valence-electron chi connectivity index (χ2n) is 6.46. The lowest BCUT2D eigenvalue weighted by atomic mass is 9.85. The van der Waals surface area contributed by atoms with Gasteiger partial charge in [0.25, 0.3) is 0 Å². The zero-order valence-electron chi connectivity index (χ0n) is 15.0. The van der Waals surface area contributed by atoms with Crippen LogP contribution in [0.5, 0.6) is 23.0 Å². The van der Waals surface area contributed by atoms with Crippen LogP contribution in [0.25, 0.3) is 0 Å². The van der Waals surface area contributed by atoms with Gasteiger partial charge >= 0.3 is 0 Å². The summed E-state index contributed by atoms with van der Waals surface area (Å²) in [6.45, 7) is 0.898. The number of nitrogens with one attached hydrogen (secondary N) is 1. The van der Waals surface area contributed by atoms with Crippen LogP contribution in [0.1, 0.15) is 34.2 Å². The van der Waals surface area contributed by atoms with Crippen molar-refractivity contribution >= 4 is 0 Å². The fourth-order valence-corrected chi connectivity index (χ4v) is 4.11. The lowest BCUT2D eigenvalue weighted by molar-refractivity contribution is 0.351. The normalized spacial score (nSPS) is 20.3. The Labute approximate surface area is 147 Å². The van der Waals surface area contributed by atoms with Crippen LogP contribution in [0, 0.1) is 0 Å². The molecule has 0 radical (unpaired) electrons. The molecule has 5 rings (SSSR count). The molecule has 2 aliphatic heterocycles. The van der Waals surface area contributed by atoms with E-state index in [1.165, 1.54) is 22.3 Å². The highest BCUT2D eigenvalue weighted by Crippen LogP contribution is 2.47. The van der Waals surface area contributed by atoms with E-state index in [0.717, 1.165) is 36.0 Å². The lowest BCUT2D eigenvalue weighted by Gasteiger charge is -2.30. The van der Waals surface area contributed by atoms with Gasteiger partial charge in [0.2, 0.25) is 0 Å². The molecular formula is C20H23NO4. The summed E-state index contributed by atoms with van der Waals surface area (Å²) in [4.78, 5) is 0. The van der Waals surface area contributed by atoms with Crippen LogP contribution in [0.15, 0.2) is 24.3 Å². The van der Waals surface area contributed by atoms with E-state index >= 15 is 0 Å². The standard InChI is InChI=1S/C20H23NO4/c1-22-17-6-11-5-16-14-9-20(25-4)19(24-3)8-13(14)15(10-21-16)12(11)7-18(17)23-2/h6-9,15-16,21H,5,10H2,1-4H3/t15-,16+/m1/s1. The molecule has 1 aliphatic carbocycles. The highest BCUT2D eigenvalue weighted by molar-refractivity contribution is 5.59. The first-order valence-electron chi connectivity index (χ1n) is 8.44. The lowest BCUT2D eigenvalue weighted by Crippen LogP contribution is -2.31. The average molecular weight is 341 g/mol. The Morgan fingerprint density at radius 1 is 0.720 bits per heavy atom. The van der Waals surface area contributed by atoms with Crippen LogP contribution in [0.3, 0.4) is 0 Å². The van der Waals surface area contributed by atoms with E-state index in [0.29, 0.717) is 0 Å². The first-order chi connectivity index (χ1) is 12.2. The number of methoxy groups -OCH3 is 4. The third-order valence-electron chi connectivity index (χ3n) is 5.35. The van der Waals surface area contributed by atoms with E-state index in [9.17, 15) is 0 Å². The van der Waals surface area contributed by atoms with E-state index in [-0.39, 0.29) is 12.0 Å². The van der Waals surface area contributed by atoms with E-state index < -0.39 is 0 Å². The molecule has 0 spiro atoms. The monoisotopic (exact) mass is 341 g/mol. The SMILES string of the molecule is COc1cc2c(cc1OC)[C@H]1CN[C@@H](C2)c2cc(OC)c(OC)cc21. The summed E-state index contributed by atoms with van der Waals surface area (Å²) < 4.78 is 22.1. The molecule has 1 N–H and O–H groups in total. The van der Waals surface area contributed by atoms with Crippen LogP contribution in [0.4, 0.5) is 0 Å². The Hall–Kier alpha value is -2.40. The summed E-state index contributed by atoms with van der Waals surface area (Å²) in [7, 11) is 6.72. The number of hydrogen-bond acceptors (Lipinski definition) is 5. The predicted octanol–water partition coefficient (Wildman–Crippen LogP) is 3.05. The zero-order chi connectivity index (χ0) is 17.6. The molecule has 0 saturated heterocycles. The Kier molecular flexibility index (Phi) is 3.96. The Morgan fingerprint density at radius 2 is 1.24 bits per heavy atom. The minimum absolute atomic E-state index is 0.253. The molecule has 25 heavy (non-hydrogen) atoms. The number of rotatable bonds is 4. The van der Waals surface area contributed by atoms with Gasteiger partial charge in [0.1, 0.15) is 0 Å². The Balaban J connectivity index is 1.91. The maximum atomic E-state index is 5.53. The zero-order valence-corrected chi connectivity index (χ0v) is 15.0. The molecule has 3 aliphatic rings. The number of hydrogen-bond donors (Lipinski definition) is 1. The van der Waals surface area contributed by atoms with Crippen molar-refractivity contribution in [2.45, 2.75) is 18.4 Å². The van der Waals surface area contributed by atoms with Crippen LogP contribution in [-0.4, -0.2) is 35.0 Å². The van der Waals surface area contributed by atoms with Crippen molar-refractivity contribution < 1.29 is 18.9 Å². The fraction of sp³-hybridized carbons (Fsp3) is 0.400. The van der Waals surface area contributed by atoms with Gasteiger partial charge in [-0.1, -0.05) is 0 Å². The van der Waals surface area contributed by atoms with E-state index in [1.54, 1.807) is 28.4 Å². The molecule has 0 aromatic heterocycles. The molecule has 2 aromatic carbocycles. The summed E-state index contributed by atoms with van der Waals surface area (Å²) in [5.74, 6) is 3.35. The van der Waals surface area contributed by atoms with Crippen LogP contribution >= 0.6 is 0 Å². The van der Waals surface area contributed by atoms with Crippen LogP contribution in [0.2, 0.25) is 0 Å². The van der Waals surface area contributed by atoms with Crippen molar-refractivity contribution in [2.24, 2.45) is 0 Å². The molecule has 5 nitrogen and oxygen atoms in total. The predicted molar refractivity (Wildman–Crippen MR) is 95.4 cm³/mol. The summed E-state index contributed by atoms with van der Waals surface area (Å²) in [6.07, 6.45) is 0.911. The van der Waals surface area contributed by atoms with Gasteiger partial charge in [-0.3, -0.25) is 0 Å². The van der Waals surface area contributed by atoms with Crippen LogP contribution < -0.4 is 24.3 Å². The molecule has 0 saturated carbocycles. The van der Waals surface area contributed by atoms with Crippen molar-refractivity contribution in [2.75, 3.05) is 35.0 Å². The third-order valence-corrected chi connectivity index (χ3v) is 5.35. The summed E-state index contributed by atoms with van der Waals surface area (Å²) >= 11 is 0. The molecule has 0 fully saturated rings. The molecular weight excluding hydrogens is 318 g/mol. The quantitative estimate of drug-likeness (QED) is 0.926. The fourth-order valence-electron chi connectivity index (χ4n) is 4.11. The summed E-state index contributed by atoms with van der Waals surface area (Å²) in [6, 6.07) is 8.72. The molecule has 5 heteroatoms. The number of ether oxygens (including phenoxy) is 4. The second kappa shape index (κ2) is 6.15. The third kappa shape index (κ3) is 2.42. The largest absolute Gasteiger partial charge is 0.493 e. The molecule has 0 unspecified atom stereocenters. The van der Waals surface area contributed by atoms with Gasteiger partial charge in [-0.25, -0.2) is 0 Å². The summed E-state index contributed by atoms with van der Waals surface area (Å²) in [5.41, 5.74) is 5.17. The topological polar surface area (TPSA) is 49.0 Å². The first kappa shape index (κ1) is 16.1. The first-order valence-corrected chi connectivity index (χ1v) is 8.44. The molecule has 2 atom stereocenters. The van der Waals surface area contributed by atoms with E-state index in [4.69, 9.17) is 18.9 Å². The van der Waals surface area contributed by atoms with Crippen molar-refractivity contribution in [3.8, 4) is 23.0 Å². The van der Waals surface area contributed by atoms with Gasteiger partial charge < -0.3 is 24.3 Å². The average Bonchev–Trinajstić information content (AvgIpc) is 2.91. The van der Waals surface area contributed by atoms with Gasteiger partial charge in [0, 0.05) is 18.5 Å². The summed E-state index contributed by atoms with van der Waals surface area (Å²) in [5, 5.41) is 3.67. The Bertz CT molecular complexity index is 818. The minimum Gasteiger partial charge on any atom is -0.493 e. The van der Waals surface area contributed by atoms with Gasteiger partial charge in [-0.15, -0.1) is 0 Å². The highest BCUT2D eigenvalue weighted by atomic mass is 16.5. The Morgan fingerprint density at radius 3 is 1.84 bits per heavy atom. The second-order valence-corrected chi connectivity index (χ2v) is 6.46. The van der Waals surface area contributed by atoms with Crippen molar-refractivity contribution in [1.82, 2.24) is 5.32 Å². The number of fused-ring (bicyclic) bond motifs is 1. The van der Waals surface area contributed by atoms with E-state index in [1.807, 2.05) is 0 Å². The van der Waals surface area contributed by atoms with Crippen molar-refractivity contribution in [1.29, 1.82) is 0 Å². The van der Waals surface area contributed by atoms with Crippen molar-refractivity contribution in [3.05, 3.63) is 46.5 Å². The molecule has 2 bridgehead atoms. The van der Waals surface area contributed by atoms with Gasteiger partial charge in [-0.2, -0.15) is 0 Å². The van der Waals surface area contributed by atoms with Crippen LogP contribution in [-0.2, 0) is 6.42 Å². The maximum Gasteiger partial charge on any atom is 0.161 e. The minimum atomic E-state index is 0.253. The highest BCUT2D eigenvalue weighted by Gasteiger charge is 2.35. The number of benzene rings is 2. The molecule has 0 amide bonds. The van der Waals surface area contributed by atoms with Gasteiger partial charge in [0.05, 0.1) is 28.4 Å². The molecule has 132 valence electrons. The van der Waals surface area contributed by atoms with E-state index in [2.05, 4.69) is 29.6 Å². The van der Waals surface area contributed by atoms with Crippen molar-refractivity contribution in [3.63, 3.8) is 0 Å².